The van der Waals surface area contributed by atoms with Gasteiger partial charge in [-0.25, -0.2) is 0 Å². The first-order valence-corrected chi connectivity index (χ1v) is 8.43. The summed E-state index contributed by atoms with van der Waals surface area (Å²) in [5, 5.41) is 26.6. The van der Waals surface area contributed by atoms with Crippen molar-refractivity contribution in [2.75, 3.05) is 5.43 Å². The van der Waals surface area contributed by atoms with Crippen molar-refractivity contribution in [3.63, 3.8) is 0 Å². The maximum atomic E-state index is 11.2. The molecule has 0 saturated heterocycles. The van der Waals surface area contributed by atoms with Crippen LogP contribution in [-0.4, -0.2) is 15.6 Å². The van der Waals surface area contributed by atoms with Gasteiger partial charge in [0.25, 0.3) is 5.69 Å². The number of nitro benzene ring substituents is 2. The highest BCUT2D eigenvalue weighted by Crippen LogP contribution is 2.61. The van der Waals surface area contributed by atoms with E-state index in [0.29, 0.717) is 5.92 Å². The van der Waals surface area contributed by atoms with E-state index < -0.39 is 9.85 Å². The Balaban J connectivity index is 1.92. The zero-order valence-electron chi connectivity index (χ0n) is 14.6. The maximum Gasteiger partial charge on any atom is 0.301 e. The van der Waals surface area contributed by atoms with Gasteiger partial charge in [-0.1, -0.05) is 20.8 Å². The Morgan fingerprint density at radius 3 is 2.52 bits per heavy atom. The molecule has 8 nitrogen and oxygen atoms in total. The molecule has 2 bridgehead atoms. The van der Waals surface area contributed by atoms with Crippen molar-refractivity contribution in [1.82, 2.24) is 0 Å². The number of hydrogen-bond acceptors (Lipinski definition) is 6. The first-order chi connectivity index (χ1) is 11.7. The van der Waals surface area contributed by atoms with Gasteiger partial charge in [0.2, 0.25) is 0 Å². The highest BCUT2D eigenvalue weighted by molar-refractivity contribution is 5.92. The van der Waals surface area contributed by atoms with E-state index in [1.807, 2.05) is 0 Å². The molecule has 0 heterocycles. The molecule has 1 aromatic rings. The van der Waals surface area contributed by atoms with Gasteiger partial charge >= 0.3 is 5.69 Å². The van der Waals surface area contributed by atoms with E-state index in [9.17, 15) is 20.2 Å². The number of benzene rings is 1. The lowest BCUT2D eigenvalue weighted by atomic mass is 9.58. The largest absolute Gasteiger partial charge is 0.301 e. The van der Waals surface area contributed by atoms with Crippen molar-refractivity contribution < 1.29 is 9.85 Å². The van der Waals surface area contributed by atoms with Crippen molar-refractivity contribution in [3.8, 4) is 0 Å². The molecule has 2 fully saturated rings. The summed E-state index contributed by atoms with van der Waals surface area (Å²) >= 11 is 0. The van der Waals surface area contributed by atoms with Crippen LogP contribution in [0.25, 0.3) is 0 Å². The Kier molecular flexibility index (Phi) is 4.01. The van der Waals surface area contributed by atoms with Gasteiger partial charge in [-0.2, -0.15) is 5.10 Å². The van der Waals surface area contributed by atoms with Crippen LogP contribution in [-0.2, 0) is 0 Å². The summed E-state index contributed by atoms with van der Waals surface area (Å²) in [6, 6.07) is 3.54. The summed E-state index contributed by atoms with van der Waals surface area (Å²) in [7, 11) is 0. The summed E-state index contributed by atoms with van der Waals surface area (Å²) < 4.78 is 0. The standard InChI is InChI=1S/C17H22N4O4/c1-16(2)11-4-7-15(17(16,3)9-8-11)19-18-13-6-5-12(20(22)23)10-14(13)21(24)25/h5-6,10-11,18H,4,7-9H2,1-3H3/b19-15-/t11-,17-/m1/s1. The number of nitrogens with one attached hydrogen (secondary N) is 1. The molecule has 0 radical (unpaired) electrons. The topological polar surface area (TPSA) is 111 Å². The number of nitrogens with zero attached hydrogens (tertiary/aromatic N) is 3. The summed E-state index contributed by atoms with van der Waals surface area (Å²) in [5.74, 6) is 0.685. The number of nitro groups is 2. The average Bonchev–Trinajstić information content (AvgIpc) is 2.69. The van der Waals surface area contributed by atoms with Crippen LogP contribution in [0.1, 0.15) is 46.5 Å². The molecular weight excluding hydrogens is 324 g/mol. The van der Waals surface area contributed by atoms with Crippen molar-refractivity contribution in [2.24, 2.45) is 21.8 Å². The van der Waals surface area contributed by atoms with Gasteiger partial charge in [0, 0.05) is 17.2 Å². The summed E-state index contributed by atoms with van der Waals surface area (Å²) in [4.78, 5) is 20.8. The van der Waals surface area contributed by atoms with E-state index in [1.165, 1.54) is 18.6 Å². The van der Waals surface area contributed by atoms with Crippen LogP contribution in [0.5, 0.6) is 0 Å². The van der Waals surface area contributed by atoms with E-state index in [2.05, 4.69) is 31.3 Å². The third kappa shape index (κ3) is 2.65. The quantitative estimate of drug-likeness (QED) is 0.637. The fraction of sp³-hybridized carbons (Fsp3) is 0.588. The van der Waals surface area contributed by atoms with E-state index in [1.54, 1.807) is 0 Å². The predicted molar refractivity (Wildman–Crippen MR) is 94.7 cm³/mol. The molecule has 1 N–H and O–H groups in total. The third-order valence-electron chi connectivity index (χ3n) is 6.50. The van der Waals surface area contributed by atoms with E-state index in [-0.39, 0.29) is 27.9 Å². The molecule has 0 spiro atoms. The van der Waals surface area contributed by atoms with Crippen LogP contribution in [0.15, 0.2) is 23.3 Å². The van der Waals surface area contributed by atoms with Gasteiger partial charge < -0.3 is 0 Å². The van der Waals surface area contributed by atoms with Gasteiger partial charge in [0.1, 0.15) is 5.69 Å². The molecular formula is C17H22N4O4. The summed E-state index contributed by atoms with van der Waals surface area (Å²) in [6.45, 7) is 6.76. The van der Waals surface area contributed by atoms with Gasteiger partial charge in [0.05, 0.1) is 15.9 Å². The second-order valence-corrected chi connectivity index (χ2v) is 7.71. The molecule has 1 aromatic carbocycles. The van der Waals surface area contributed by atoms with Crippen LogP contribution in [0.2, 0.25) is 0 Å². The lowest BCUT2D eigenvalue weighted by Gasteiger charge is -2.46. The molecule has 2 atom stereocenters. The van der Waals surface area contributed by atoms with Crippen molar-refractivity contribution in [3.05, 3.63) is 38.4 Å². The minimum absolute atomic E-state index is 0.0293. The van der Waals surface area contributed by atoms with Crippen molar-refractivity contribution >= 4 is 22.8 Å². The predicted octanol–water partition coefficient (Wildman–Crippen LogP) is 4.51. The molecule has 134 valence electrons. The highest BCUT2D eigenvalue weighted by atomic mass is 16.6. The van der Waals surface area contributed by atoms with E-state index in [0.717, 1.165) is 31.0 Å². The van der Waals surface area contributed by atoms with Crippen LogP contribution >= 0.6 is 0 Å². The SMILES string of the molecule is CC1(C)[C@@H]2CC/C(=N/Nc3ccc([N+](=O)[O-])cc3[N+](=O)[O-])[C@@]1(C)CC2. The minimum Gasteiger partial charge on any atom is -0.272 e. The lowest BCUT2D eigenvalue weighted by Crippen LogP contribution is -2.44. The Bertz CT molecular complexity index is 774. The molecule has 0 amide bonds. The normalized spacial score (nSPS) is 28.8. The Morgan fingerprint density at radius 2 is 1.88 bits per heavy atom. The van der Waals surface area contributed by atoms with Gasteiger partial charge in [-0.15, -0.1) is 0 Å². The van der Waals surface area contributed by atoms with Gasteiger partial charge in [-0.05, 0) is 43.1 Å². The molecule has 0 aliphatic heterocycles. The zero-order chi connectivity index (χ0) is 18.4. The molecule has 2 saturated carbocycles. The first-order valence-electron chi connectivity index (χ1n) is 8.43. The molecule has 0 unspecified atom stereocenters. The van der Waals surface area contributed by atoms with Crippen LogP contribution in [0.3, 0.4) is 0 Å². The Labute approximate surface area is 145 Å². The number of rotatable bonds is 4. The maximum absolute atomic E-state index is 11.2. The van der Waals surface area contributed by atoms with E-state index >= 15 is 0 Å². The number of hydrazone groups is 1. The van der Waals surface area contributed by atoms with Gasteiger partial charge in [-0.3, -0.25) is 25.7 Å². The minimum atomic E-state index is -0.647. The molecule has 8 heteroatoms. The Morgan fingerprint density at radius 1 is 1.16 bits per heavy atom. The summed E-state index contributed by atoms with van der Waals surface area (Å²) in [6.07, 6.45) is 4.19. The second-order valence-electron chi connectivity index (χ2n) is 7.71. The van der Waals surface area contributed by atoms with Gasteiger partial charge in [0.15, 0.2) is 0 Å². The number of non-ortho nitro benzene ring substituents is 1. The lowest BCUT2D eigenvalue weighted by molar-refractivity contribution is -0.393. The number of hydrogen-bond donors (Lipinski definition) is 1. The zero-order valence-corrected chi connectivity index (χ0v) is 14.6. The fourth-order valence-electron chi connectivity index (χ4n) is 4.39. The molecule has 25 heavy (non-hydrogen) atoms. The number of fused-ring (bicyclic) bond motifs is 2. The van der Waals surface area contributed by atoms with Crippen LogP contribution in [0.4, 0.5) is 17.1 Å². The third-order valence-corrected chi connectivity index (χ3v) is 6.50. The smallest absolute Gasteiger partial charge is 0.272 e. The summed E-state index contributed by atoms with van der Waals surface area (Å²) in [5.41, 5.74) is 3.46. The van der Waals surface area contributed by atoms with E-state index in [4.69, 9.17) is 0 Å². The monoisotopic (exact) mass is 346 g/mol. The Hall–Kier alpha value is -2.51. The van der Waals surface area contributed by atoms with Crippen molar-refractivity contribution in [1.29, 1.82) is 0 Å². The number of anilines is 1. The molecule has 3 rings (SSSR count). The van der Waals surface area contributed by atoms with Crippen LogP contribution < -0.4 is 5.43 Å². The average molecular weight is 346 g/mol. The molecule has 2 aliphatic carbocycles. The molecule has 0 aromatic heterocycles. The van der Waals surface area contributed by atoms with Crippen molar-refractivity contribution in [2.45, 2.75) is 46.5 Å². The fourth-order valence-corrected chi connectivity index (χ4v) is 4.39. The first kappa shape index (κ1) is 17.3. The molecule has 2 aliphatic rings. The highest BCUT2D eigenvalue weighted by Gasteiger charge is 2.56. The second kappa shape index (κ2) is 5.79. The van der Waals surface area contributed by atoms with Crippen LogP contribution in [0, 0.1) is 37.0 Å².